The largest absolute Gasteiger partial charge is 0.347 e. The number of Topliss-reactive ketones (excluding diaryl/α,β-unsaturated/α-hetero) is 1. The third-order valence-corrected chi connectivity index (χ3v) is 3.17. The van der Waals surface area contributed by atoms with Gasteiger partial charge in [0, 0.05) is 25.1 Å². The van der Waals surface area contributed by atoms with Crippen molar-refractivity contribution in [2.45, 2.75) is 32.2 Å². The molecule has 0 aliphatic heterocycles. The van der Waals surface area contributed by atoms with Gasteiger partial charge in [-0.3, -0.25) is 9.36 Å². The molecule has 1 aromatic heterocycles. The highest BCUT2D eigenvalue weighted by Gasteiger charge is 2.23. The fourth-order valence-electron chi connectivity index (χ4n) is 2.08. The lowest BCUT2D eigenvalue weighted by molar-refractivity contribution is -0.120. The molecule has 0 aromatic carbocycles. The monoisotopic (exact) mass is 240 g/mol. The second-order valence-corrected chi connectivity index (χ2v) is 4.53. The number of carbonyl (C=O) groups is 1. The molecule has 0 bridgehead atoms. The van der Waals surface area contributed by atoms with Gasteiger partial charge in [-0.15, -0.1) is 0 Å². The summed E-state index contributed by atoms with van der Waals surface area (Å²) in [5.74, 6) is 0.439. The van der Waals surface area contributed by atoms with E-state index in [0.29, 0.717) is 30.2 Å². The van der Waals surface area contributed by atoms with Gasteiger partial charge in [0.25, 0.3) is 0 Å². The molecule has 1 saturated carbocycles. The molecule has 1 atom stereocenters. The quantitative estimate of drug-likeness (QED) is 0.807. The first-order valence-electron chi connectivity index (χ1n) is 5.41. The summed E-state index contributed by atoms with van der Waals surface area (Å²) in [6, 6.07) is 0. The first kappa shape index (κ1) is 11.3. The first-order chi connectivity index (χ1) is 7.66. The fourth-order valence-corrected chi connectivity index (χ4v) is 2.24. The van der Waals surface area contributed by atoms with E-state index in [1.807, 2.05) is 0 Å². The van der Waals surface area contributed by atoms with Gasteiger partial charge >= 0.3 is 5.69 Å². The second-order valence-electron chi connectivity index (χ2n) is 4.09. The lowest BCUT2D eigenvalue weighted by Gasteiger charge is -2.09. The van der Waals surface area contributed by atoms with E-state index in [-0.39, 0.29) is 11.6 Å². The molecule has 1 aliphatic rings. The highest BCUT2D eigenvalue weighted by Crippen LogP contribution is 2.24. The average Bonchev–Trinajstić information content (AvgIpc) is 2.66. The summed E-state index contributed by atoms with van der Waals surface area (Å²) in [7, 11) is 0. The number of hydrogen-bond donors (Lipinski definition) is 0. The van der Waals surface area contributed by atoms with Crippen molar-refractivity contribution in [1.82, 2.24) is 9.55 Å². The predicted octanol–water partition coefficient (Wildman–Crippen LogP) is 1.66. The molecule has 4 nitrogen and oxygen atoms in total. The van der Waals surface area contributed by atoms with Crippen LogP contribution < -0.4 is 5.69 Å². The molecule has 0 saturated heterocycles. The van der Waals surface area contributed by atoms with Crippen LogP contribution in [0.4, 0.5) is 0 Å². The molecule has 5 heteroatoms. The van der Waals surface area contributed by atoms with Crippen molar-refractivity contribution in [2.24, 2.45) is 5.92 Å². The summed E-state index contributed by atoms with van der Waals surface area (Å²) in [6.45, 7) is 0.517. The molecule has 86 valence electrons. The van der Waals surface area contributed by atoms with Crippen LogP contribution in [0.15, 0.2) is 17.2 Å². The van der Waals surface area contributed by atoms with Gasteiger partial charge in [0.1, 0.15) is 5.78 Å². The molecular formula is C11H13ClN2O2. The number of ketones is 1. The summed E-state index contributed by atoms with van der Waals surface area (Å²) in [5, 5.41) is 0.442. The van der Waals surface area contributed by atoms with Crippen molar-refractivity contribution in [3.05, 3.63) is 27.9 Å². The van der Waals surface area contributed by atoms with E-state index in [1.165, 1.54) is 10.8 Å². The lowest BCUT2D eigenvalue weighted by Crippen LogP contribution is -2.23. The molecule has 16 heavy (non-hydrogen) atoms. The van der Waals surface area contributed by atoms with Crippen molar-refractivity contribution < 1.29 is 4.79 Å². The molecule has 0 amide bonds. The number of carbonyl (C=O) groups excluding carboxylic acids is 1. The topological polar surface area (TPSA) is 52.0 Å². The van der Waals surface area contributed by atoms with Crippen LogP contribution in [0.3, 0.4) is 0 Å². The number of nitrogens with zero attached hydrogens (tertiary/aromatic N) is 2. The van der Waals surface area contributed by atoms with Crippen LogP contribution >= 0.6 is 11.6 Å². The van der Waals surface area contributed by atoms with Gasteiger partial charge in [-0.05, 0) is 19.3 Å². The van der Waals surface area contributed by atoms with Crippen molar-refractivity contribution in [3.8, 4) is 0 Å². The van der Waals surface area contributed by atoms with Gasteiger partial charge in [-0.1, -0.05) is 11.6 Å². The average molecular weight is 241 g/mol. The normalized spacial score (nSPS) is 20.3. The van der Waals surface area contributed by atoms with Crippen LogP contribution in [-0.2, 0) is 11.3 Å². The number of hydrogen-bond acceptors (Lipinski definition) is 3. The summed E-state index contributed by atoms with van der Waals surface area (Å²) >= 11 is 5.75. The fraction of sp³-hybridized carbons (Fsp3) is 0.545. The molecule has 0 radical (unpaired) electrons. The third kappa shape index (κ3) is 2.50. The van der Waals surface area contributed by atoms with Gasteiger partial charge in [-0.2, -0.15) is 0 Å². The van der Waals surface area contributed by atoms with Crippen molar-refractivity contribution in [3.63, 3.8) is 0 Å². The third-order valence-electron chi connectivity index (χ3n) is 2.97. The molecule has 0 spiro atoms. The molecule has 1 fully saturated rings. The molecule has 1 heterocycles. The Kier molecular flexibility index (Phi) is 3.39. The van der Waals surface area contributed by atoms with Gasteiger partial charge in [0.2, 0.25) is 0 Å². The minimum absolute atomic E-state index is 0.117. The number of rotatable bonds is 3. The molecule has 1 aromatic rings. The van der Waals surface area contributed by atoms with Crippen LogP contribution in [0.5, 0.6) is 0 Å². The van der Waals surface area contributed by atoms with Crippen LogP contribution in [0.2, 0.25) is 5.02 Å². The first-order valence-corrected chi connectivity index (χ1v) is 5.79. The molecule has 2 rings (SSSR count). The maximum Gasteiger partial charge on any atom is 0.347 e. The van der Waals surface area contributed by atoms with Crippen molar-refractivity contribution in [1.29, 1.82) is 0 Å². The Bertz CT molecular complexity index is 456. The maximum atomic E-state index is 11.4. The molecule has 0 N–H and O–H groups in total. The van der Waals surface area contributed by atoms with E-state index in [9.17, 15) is 9.59 Å². The Morgan fingerprint density at radius 1 is 1.50 bits per heavy atom. The summed E-state index contributed by atoms with van der Waals surface area (Å²) in [5.41, 5.74) is -0.310. The van der Waals surface area contributed by atoms with E-state index in [1.54, 1.807) is 6.20 Å². The zero-order valence-corrected chi connectivity index (χ0v) is 9.61. The van der Waals surface area contributed by atoms with Crippen molar-refractivity contribution in [2.75, 3.05) is 0 Å². The number of aromatic nitrogens is 2. The van der Waals surface area contributed by atoms with Crippen molar-refractivity contribution >= 4 is 17.4 Å². The smallest absolute Gasteiger partial charge is 0.299 e. The zero-order valence-electron chi connectivity index (χ0n) is 8.86. The maximum absolute atomic E-state index is 11.4. The summed E-state index contributed by atoms with van der Waals surface area (Å²) in [4.78, 5) is 26.4. The Balaban J connectivity index is 2.01. The van der Waals surface area contributed by atoms with Gasteiger partial charge in [0.15, 0.2) is 0 Å². The van der Waals surface area contributed by atoms with Crippen LogP contribution in [0, 0.1) is 5.92 Å². The van der Waals surface area contributed by atoms with E-state index < -0.39 is 0 Å². The standard InChI is InChI=1S/C11H13ClN2O2/c12-9-6-13-11(16)14(7-9)5-4-8-2-1-3-10(8)15/h6-8H,1-5H2. The minimum atomic E-state index is -0.310. The highest BCUT2D eigenvalue weighted by atomic mass is 35.5. The highest BCUT2D eigenvalue weighted by molar-refractivity contribution is 6.30. The van der Waals surface area contributed by atoms with Gasteiger partial charge in [-0.25, -0.2) is 9.78 Å². The number of halogens is 1. The van der Waals surface area contributed by atoms with Gasteiger partial charge < -0.3 is 0 Å². The second kappa shape index (κ2) is 4.78. The van der Waals surface area contributed by atoms with E-state index in [2.05, 4.69) is 4.98 Å². The molecule has 1 aliphatic carbocycles. The Labute approximate surface area is 98.3 Å². The SMILES string of the molecule is O=C1CCCC1CCn1cc(Cl)cnc1=O. The predicted molar refractivity (Wildman–Crippen MR) is 60.5 cm³/mol. The Morgan fingerprint density at radius 2 is 2.31 bits per heavy atom. The van der Waals surface area contributed by atoms with Crippen LogP contribution in [0.25, 0.3) is 0 Å². The van der Waals surface area contributed by atoms with Gasteiger partial charge in [0.05, 0.1) is 11.2 Å². The van der Waals surface area contributed by atoms with E-state index >= 15 is 0 Å². The summed E-state index contributed by atoms with van der Waals surface area (Å²) < 4.78 is 1.47. The minimum Gasteiger partial charge on any atom is -0.299 e. The van der Waals surface area contributed by atoms with Crippen LogP contribution in [-0.4, -0.2) is 15.3 Å². The Morgan fingerprint density at radius 3 is 3.00 bits per heavy atom. The molecular weight excluding hydrogens is 228 g/mol. The Hall–Kier alpha value is -1.16. The lowest BCUT2D eigenvalue weighted by atomic mass is 10.0. The summed E-state index contributed by atoms with van der Waals surface area (Å²) in [6.07, 6.45) is 6.22. The van der Waals surface area contributed by atoms with Crippen LogP contribution in [0.1, 0.15) is 25.7 Å². The number of aryl methyl sites for hydroxylation is 1. The van der Waals surface area contributed by atoms with E-state index in [4.69, 9.17) is 11.6 Å². The molecule has 1 unspecified atom stereocenters. The zero-order chi connectivity index (χ0) is 11.5. The van der Waals surface area contributed by atoms with E-state index in [0.717, 1.165) is 12.8 Å².